The van der Waals surface area contributed by atoms with E-state index in [4.69, 9.17) is 16.3 Å². The van der Waals surface area contributed by atoms with Gasteiger partial charge in [0.2, 0.25) is 0 Å². The van der Waals surface area contributed by atoms with Crippen LogP contribution in [0.4, 0.5) is 5.69 Å². The number of nitrogens with one attached hydrogen (secondary N) is 2. The Hall–Kier alpha value is -1.68. The lowest BCUT2D eigenvalue weighted by atomic mass is 10.3. The molecule has 1 aromatic carbocycles. The smallest absolute Gasteiger partial charge is 0.142 e. The van der Waals surface area contributed by atoms with Crippen LogP contribution in [0.1, 0.15) is 12.6 Å². The SMILES string of the molecule is CCOc1ccc(Cl)cc1NCc1cnc[nH]1. The Labute approximate surface area is 105 Å². The molecule has 0 aliphatic carbocycles. The molecule has 90 valence electrons. The molecule has 0 unspecified atom stereocenters. The zero-order chi connectivity index (χ0) is 12.1. The summed E-state index contributed by atoms with van der Waals surface area (Å²) < 4.78 is 5.51. The molecule has 0 spiro atoms. The maximum atomic E-state index is 5.96. The highest BCUT2D eigenvalue weighted by Gasteiger charge is 2.04. The Morgan fingerprint density at radius 2 is 2.35 bits per heavy atom. The summed E-state index contributed by atoms with van der Waals surface area (Å²) in [5.41, 5.74) is 1.89. The van der Waals surface area contributed by atoms with Crippen LogP contribution < -0.4 is 10.1 Å². The fraction of sp³-hybridized carbons (Fsp3) is 0.250. The number of nitrogens with zero attached hydrogens (tertiary/aromatic N) is 1. The number of halogens is 1. The molecule has 17 heavy (non-hydrogen) atoms. The molecule has 0 radical (unpaired) electrons. The molecule has 1 aromatic heterocycles. The van der Waals surface area contributed by atoms with Gasteiger partial charge in [0.1, 0.15) is 5.75 Å². The van der Waals surface area contributed by atoms with Crippen molar-refractivity contribution in [2.75, 3.05) is 11.9 Å². The first-order valence-electron chi connectivity index (χ1n) is 5.43. The number of anilines is 1. The molecule has 0 aliphatic rings. The molecule has 2 N–H and O–H groups in total. The Bertz CT molecular complexity index is 471. The standard InChI is InChI=1S/C12H14ClN3O/c1-2-17-12-4-3-9(13)5-11(12)15-7-10-6-14-8-16-10/h3-6,8,15H,2,7H2,1H3,(H,14,16). The Morgan fingerprint density at radius 3 is 3.06 bits per heavy atom. The average Bonchev–Trinajstić information content (AvgIpc) is 2.82. The Morgan fingerprint density at radius 1 is 1.47 bits per heavy atom. The summed E-state index contributed by atoms with van der Waals surface area (Å²) >= 11 is 5.96. The molecule has 0 atom stereocenters. The number of benzene rings is 1. The van der Waals surface area contributed by atoms with E-state index in [9.17, 15) is 0 Å². The zero-order valence-electron chi connectivity index (χ0n) is 9.53. The summed E-state index contributed by atoms with van der Waals surface area (Å²) in [6, 6.07) is 5.53. The molecular weight excluding hydrogens is 238 g/mol. The third-order valence-electron chi connectivity index (χ3n) is 2.27. The van der Waals surface area contributed by atoms with Crippen molar-refractivity contribution in [1.29, 1.82) is 0 Å². The largest absolute Gasteiger partial charge is 0.492 e. The molecule has 4 nitrogen and oxygen atoms in total. The second-order valence-corrected chi connectivity index (χ2v) is 3.94. The Kier molecular flexibility index (Phi) is 3.88. The first-order valence-corrected chi connectivity index (χ1v) is 5.81. The van der Waals surface area contributed by atoms with Crippen LogP contribution in [0.15, 0.2) is 30.7 Å². The van der Waals surface area contributed by atoms with Gasteiger partial charge in [-0.1, -0.05) is 11.6 Å². The second kappa shape index (κ2) is 5.59. The van der Waals surface area contributed by atoms with Gasteiger partial charge in [0.05, 0.1) is 30.9 Å². The van der Waals surface area contributed by atoms with Crippen molar-refractivity contribution in [2.24, 2.45) is 0 Å². The van der Waals surface area contributed by atoms with E-state index in [-0.39, 0.29) is 0 Å². The van der Waals surface area contributed by atoms with Crippen molar-refractivity contribution in [3.8, 4) is 5.75 Å². The van der Waals surface area contributed by atoms with Crippen molar-refractivity contribution in [3.63, 3.8) is 0 Å². The van der Waals surface area contributed by atoms with Crippen molar-refractivity contribution in [3.05, 3.63) is 41.4 Å². The molecular formula is C12H14ClN3O. The quantitative estimate of drug-likeness (QED) is 0.859. The van der Waals surface area contributed by atoms with Crippen molar-refractivity contribution < 1.29 is 4.74 Å². The molecule has 0 saturated carbocycles. The summed E-state index contributed by atoms with van der Waals surface area (Å²) in [5.74, 6) is 0.802. The molecule has 0 saturated heterocycles. The number of imidazole rings is 1. The minimum Gasteiger partial charge on any atom is -0.492 e. The highest BCUT2D eigenvalue weighted by atomic mass is 35.5. The maximum absolute atomic E-state index is 5.96. The van der Waals surface area contributed by atoms with Crippen molar-refractivity contribution in [2.45, 2.75) is 13.5 Å². The molecule has 2 rings (SSSR count). The van der Waals surface area contributed by atoms with Crippen LogP contribution in [-0.4, -0.2) is 16.6 Å². The van der Waals surface area contributed by atoms with E-state index in [0.29, 0.717) is 18.2 Å². The number of ether oxygens (including phenoxy) is 1. The fourth-order valence-electron chi connectivity index (χ4n) is 1.49. The molecule has 0 amide bonds. The van der Waals surface area contributed by atoms with E-state index in [1.54, 1.807) is 12.5 Å². The van der Waals surface area contributed by atoms with Crippen molar-refractivity contribution in [1.82, 2.24) is 9.97 Å². The van der Waals surface area contributed by atoms with E-state index in [1.807, 2.05) is 25.1 Å². The maximum Gasteiger partial charge on any atom is 0.142 e. The van der Waals surface area contributed by atoms with Gasteiger partial charge in [-0.05, 0) is 25.1 Å². The highest BCUT2D eigenvalue weighted by molar-refractivity contribution is 6.30. The van der Waals surface area contributed by atoms with E-state index < -0.39 is 0 Å². The number of hydrogen-bond acceptors (Lipinski definition) is 3. The number of aromatic amines is 1. The average molecular weight is 252 g/mol. The number of aromatic nitrogens is 2. The normalized spacial score (nSPS) is 10.2. The molecule has 2 aromatic rings. The minimum absolute atomic E-state index is 0.625. The lowest BCUT2D eigenvalue weighted by Crippen LogP contribution is -2.03. The molecule has 0 aliphatic heterocycles. The van der Waals surface area contributed by atoms with Gasteiger partial charge in [-0.3, -0.25) is 0 Å². The first kappa shape index (κ1) is 11.8. The van der Waals surface area contributed by atoms with E-state index in [2.05, 4.69) is 15.3 Å². The summed E-state index contributed by atoms with van der Waals surface area (Å²) in [5, 5.41) is 3.94. The summed E-state index contributed by atoms with van der Waals surface area (Å²) in [7, 11) is 0. The van der Waals surface area contributed by atoms with Gasteiger partial charge < -0.3 is 15.0 Å². The molecule has 5 heteroatoms. The third kappa shape index (κ3) is 3.14. The lowest BCUT2D eigenvalue weighted by molar-refractivity contribution is 0.341. The van der Waals surface area contributed by atoms with Crippen LogP contribution in [-0.2, 0) is 6.54 Å². The monoisotopic (exact) mass is 251 g/mol. The second-order valence-electron chi connectivity index (χ2n) is 3.50. The van der Waals surface area contributed by atoms with E-state index in [1.165, 1.54) is 0 Å². The lowest BCUT2D eigenvalue weighted by Gasteiger charge is -2.12. The number of rotatable bonds is 5. The number of H-pyrrole nitrogens is 1. The predicted octanol–water partition coefficient (Wildman–Crippen LogP) is 3.07. The molecule has 1 heterocycles. The fourth-order valence-corrected chi connectivity index (χ4v) is 1.67. The van der Waals surface area contributed by atoms with E-state index in [0.717, 1.165) is 17.1 Å². The summed E-state index contributed by atoms with van der Waals surface area (Å²) in [4.78, 5) is 6.98. The zero-order valence-corrected chi connectivity index (χ0v) is 10.3. The van der Waals surface area contributed by atoms with Gasteiger partial charge >= 0.3 is 0 Å². The predicted molar refractivity (Wildman–Crippen MR) is 68.5 cm³/mol. The summed E-state index contributed by atoms with van der Waals surface area (Å²) in [6.07, 6.45) is 3.43. The Balaban J connectivity index is 2.10. The minimum atomic E-state index is 0.625. The van der Waals surface area contributed by atoms with Gasteiger partial charge in [-0.15, -0.1) is 0 Å². The highest BCUT2D eigenvalue weighted by Crippen LogP contribution is 2.28. The number of hydrogen-bond donors (Lipinski definition) is 2. The van der Waals surface area contributed by atoms with Crippen LogP contribution in [0.2, 0.25) is 5.02 Å². The van der Waals surface area contributed by atoms with Gasteiger partial charge in [0.15, 0.2) is 0 Å². The van der Waals surface area contributed by atoms with Gasteiger partial charge in [0, 0.05) is 11.2 Å². The molecule has 0 bridgehead atoms. The topological polar surface area (TPSA) is 49.9 Å². The van der Waals surface area contributed by atoms with Gasteiger partial charge in [-0.25, -0.2) is 4.98 Å². The van der Waals surface area contributed by atoms with Crippen LogP contribution in [0.25, 0.3) is 0 Å². The first-order chi connectivity index (χ1) is 8.29. The van der Waals surface area contributed by atoms with Crippen LogP contribution in [0, 0.1) is 0 Å². The van der Waals surface area contributed by atoms with Crippen molar-refractivity contribution >= 4 is 17.3 Å². The van der Waals surface area contributed by atoms with Crippen LogP contribution in [0.3, 0.4) is 0 Å². The van der Waals surface area contributed by atoms with E-state index >= 15 is 0 Å². The van der Waals surface area contributed by atoms with Crippen LogP contribution in [0.5, 0.6) is 5.75 Å². The molecule has 0 fully saturated rings. The summed E-state index contributed by atoms with van der Waals surface area (Å²) in [6.45, 7) is 3.23. The van der Waals surface area contributed by atoms with Crippen LogP contribution >= 0.6 is 11.6 Å². The van der Waals surface area contributed by atoms with Gasteiger partial charge in [-0.2, -0.15) is 0 Å². The third-order valence-corrected chi connectivity index (χ3v) is 2.50. The van der Waals surface area contributed by atoms with Gasteiger partial charge in [0.25, 0.3) is 0 Å².